The molecule has 1 amide bonds. The van der Waals surface area contributed by atoms with Crippen molar-refractivity contribution in [2.45, 2.75) is 45.1 Å². The molecule has 0 radical (unpaired) electrons. The standard InChI is InChI=1S/C15H30N4O2/c1-4-21-11-7-10-16-15(17-12-14(20)19(2)3)18-13-8-5-6-9-13/h13H,4-12H2,1-3H3,(H2,16,17,18). The highest BCUT2D eigenvalue weighted by molar-refractivity contribution is 5.84. The zero-order chi connectivity index (χ0) is 15.5. The number of hydrogen-bond acceptors (Lipinski definition) is 3. The Bertz CT molecular complexity index is 326. The average molecular weight is 298 g/mol. The summed E-state index contributed by atoms with van der Waals surface area (Å²) in [6, 6.07) is 0.484. The Balaban J connectivity index is 2.40. The van der Waals surface area contributed by atoms with Crippen LogP contribution in [0.15, 0.2) is 4.99 Å². The lowest BCUT2D eigenvalue weighted by atomic mass is 10.2. The Morgan fingerprint density at radius 2 is 2.05 bits per heavy atom. The maximum Gasteiger partial charge on any atom is 0.243 e. The first-order valence-corrected chi connectivity index (χ1v) is 7.96. The minimum absolute atomic E-state index is 0.0110. The van der Waals surface area contributed by atoms with Crippen molar-refractivity contribution in [3.63, 3.8) is 0 Å². The van der Waals surface area contributed by atoms with Crippen molar-refractivity contribution in [2.24, 2.45) is 4.99 Å². The Morgan fingerprint density at radius 3 is 2.67 bits per heavy atom. The van der Waals surface area contributed by atoms with E-state index >= 15 is 0 Å². The van der Waals surface area contributed by atoms with Crippen LogP contribution in [0.25, 0.3) is 0 Å². The second-order valence-corrected chi connectivity index (χ2v) is 5.56. The summed E-state index contributed by atoms with van der Waals surface area (Å²) in [5.74, 6) is 0.755. The molecule has 0 spiro atoms. The molecule has 21 heavy (non-hydrogen) atoms. The van der Waals surface area contributed by atoms with Crippen LogP contribution in [0.2, 0.25) is 0 Å². The van der Waals surface area contributed by atoms with E-state index in [1.807, 2.05) is 6.92 Å². The molecule has 1 fully saturated rings. The van der Waals surface area contributed by atoms with Gasteiger partial charge in [0.25, 0.3) is 0 Å². The molecule has 1 rings (SSSR count). The summed E-state index contributed by atoms with van der Waals surface area (Å²) in [5.41, 5.74) is 0. The molecule has 122 valence electrons. The van der Waals surface area contributed by atoms with Crippen LogP contribution < -0.4 is 10.6 Å². The van der Waals surface area contributed by atoms with Gasteiger partial charge in [0.1, 0.15) is 6.54 Å². The molecule has 6 heteroatoms. The zero-order valence-electron chi connectivity index (χ0n) is 13.7. The Kier molecular flexibility index (Phi) is 8.82. The number of carbonyl (C=O) groups is 1. The van der Waals surface area contributed by atoms with E-state index in [1.165, 1.54) is 25.7 Å². The van der Waals surface area contributed by atoms with E-state index < -0.39 is 0 Å². The molecule has 0 bridgehead atoms. The van der Waals surface area contributed by atoms with E-state index in [1.54, 1.807) is 19.0 Å². The van der Waals surface area contributed by atoms with Gasteiger partial charge in [-0.05, 0) is 26.2 Å². The number of nitrogens with one attached hydrogen (secondary N) is 2. The average Bonchev–Trinajstić information content (AvgIpc) is 2.96. The lowest BCUT2D eigenvalue weighted by Gasteiger charge is -2.18. The van der Waals surface area contributed by atoms with Gasteiger partial charge >= 0.3 is 0 Å². The number of nitrogens with zero attached hydrogens (tertiary/aromatic N) is 2. The molecule has 0 unspecified atom stereocenters. The number of ether oxygens (including phenoxy) is 1. The lowest BCUT2D eigenvalue weighted by molar-refractivity contribution is -0.127. The van der Waals surface area contributed by atoms with E-state index in [4.69, 9.17) is 4.74 Å². The monoisotopic (exact) mass is 298 g/mol. The van der Waals surface area contributed by atoms with Gasteiger partial charge in [-0.3, -0.25) is 4.79 Å². The summed E-state index contributed by atoms with van der Waals surface area (Å²) < 4.78 is 5.32. The van der Waals surface area contributed by atoms with E-state index in [0.717, 1.165) is 32.1 Å². The Labute approximate surface area is 128 Å². The third kappa shape index (κ3) is 7.90. The summed E-state index contributed by atoms with van der Waals surface area (Å²) in [6.45, 7) is 4.47. The lowest BCUT2D eigenvalue weighted by Crippen LogP contribution is -2.43. The molecule has 1 aliphatic rings. The fourth-order valence-electron chi connectivity index (χ4n) is 2.23. The van der Waals surface area contributed by atoms with Crippen LogP contribution in [0.3, 0.4) is 0 Å². The molecule has 6 nitrogen and oxygen atoms in total. The van der Waals surface area contributed by atoms with Gasteiger partial charge in [-0.2, -0.15) is 0 Å². The number of guanidine groups is 1. The molecule has 2 N–H and O–H groups in total. The summed E-state index contributed by atoms with van der Waals surface area (Å²) in [5, 5.41) is 6.72. The van der Waals surface area contributed by atoms with Crippen molar-refractivity contribution >= 4 is 11.9 Å². The number of rotatable bonds is 8. The zero-order valence-corrected chi connectivity index (χ0v) is 13.7. The fraction of sp³-hybridized carbons (Fsp3) is 0.867. The number of carbonyl (C=O) groups excluding carboxylic acids is 1. The molecule has 0 heterocycles. The molecule has 0 saturated heterocycles. The molecular formula is C15H30N4O2. The fourth-order valence-corrected chi connectivity index (χ4v) is 2.23. The molecule has 1 aliphatic carbocycles. The van der Waals surface area contributed by atoms with E-state index in [9.17, 15) is 4.79 Å². The highest BCUT2D eigenvalue weighted by Gasteiger charge is 2.16. The van der Waals surface area contributed by atoms with Gasteiger partial charge in [-0.15, -0.1) is 0 Å². The molecular weight excluding hydrogens is 268 g/mol. The van der Waals surface area contributed by atoms with Gasteiger partial charge in [0, 0.05) is 39.9 Å². The summed E-state index contributed by atoms with van der Waals surface area (Å²) in [6.07, 6.45) is 5.83. The summed E-state index contributed by atoms with van der Waals surface area (Å²) in [7, 11) is 3.49. The minimum atomic E-state index is 0.0110. The third-order valence-corrected chi connectivity index (χ3v) is 3.53. The van der Waals surface area contributed by atoms with Crippen LogP contribution in [0.4, 0.5) is 0 Å². The maximum absolute atomic E-state index is 11.6. The van der Waals surface area contributed by atoms with E-state index in [2.05, 4.69) is 15.6 Å². The van der Waals surface area contributed by atoms with E-state index in [-0.39, 0.29) is 12.5 Å². The van der Waals surface area contributed by atoms with Gasteiger partial charge in [-0.25, -0.2) is 4.99 Å². The van der Waals surface area contributed by atoms with Gasteiger partial charge in [0.2, 0.25) is 5.91 Å². The first-order chi connectivity index (χ1) is 10.1. The minimum Gasteiger partial charge on any atom is -0.382 e. The maximum atomic E-state index is 11.6. The SMILES string of the molecule is CCOCCCNC(=NCC(=O)N(C)C)NC1CCCC1. The number of likely N-dealkylation sites (N-methyl/N-ethyl adjacent to an activating group) is 1. The first kappa shape index (κ1) is 17.8. The summed E-state index contributed by atoms with van der Waals surface area (Å²) in [4.78, 5) is 17.6. The Hall–Kier alpha value is -1.30. The largest absolute Gasteiger partial charge is 0.382 e. The second kappa shape index (κ2) is 10.4. The quantitative estimate of drug-likeness (QED) is 0.398. The van der Waals surface area contributed by atoms with Crippen molar-refractivity contribution in [1.29, 1.82) is 0 Å². The topological polar surface area (TPSA) is 66.0 Å². The van der Waals surface area contributed by atoms with Crippen LogP contribution >= 0.6 is 0 Å². The first-order valence-electron chi connectivity index (χ1n) is 7.96. The Morgan fingerprint density at radius 1 is 1.33 bits per heavy atom. The third-order valence-electron chi connectivity index (χ3n) is 3.53. The van der Waals surface area contributed by atoms with Crippen LogP contribution in [0.5, 0.6) is 0 Å². The summed E-state index contributed by atoms with van der Waals surface area (Å²) >= 11 is 0. The predicted octanol–water partition coefficient (Wildman–Crippen LogP) is 0.979. The van der Waals surface area contributed by atoms with Gasteiger partial charge in [0.15, 0.2) is 5.96 Å². The van der Waals surface area contributed by atoms with Crippen molar-refractivity contribution in [3.8, 4) is 0 Å². The van der Waals surface area contributed by atoms with Crippen LogP contribution in [0, 0.1) is 0 Å². The van der Waals surface area contributed by atoms with Crippen molar-refractivity contribution in [2.75, 3.05) is 40.4 Å². The van der Waals surface area contributed by atoms with Gasteiger partial charge < -0.3 is 20.3 Å². The van der Waals surface area contributed by atoms with Crippen molar-refractivity contribution in [3.05, 3.63) is 0 Å². The molecule has 1 saturated carbocycles. The molecule has 0 atom stereocenters. The van der Waals surface area contributed by atoms with Gasteiger partial charge in [-0.1, -0.05) is 12.8 Å². The van der Waals surface area contributed by atoms with Crippen molar-refractivity contribution in [1.82, 2.24) is 15.5 Å². The van der Waals surface area contributed by atoms with Crippen molar-refractivity contribution < 1.29 is 9.53 Å². The van der Waals surface area contributed by atoms with Crippen LogP contribution in [-0.2, 0) is 9.53 Å². The molecule has 0 aromatic carbocycles. The second-order valence-electron chi connectivity index (χ2n) is 5.56. The smallest absolute Gasteiger partial charge is 0.243 e. The molecule has 0 aliphatic heterocycles. The van der Waals surface area contributed by atoms with Gasteiger partial charge in [0.05, 0.1) is 0 Å². The molecule has 0 aromatic rings. The highest BCUT2D eigenvalue weighted by atomic mass is 16.5. The van der Waals surface area contributed by atoms with E-state index in [0.29, 0.717) is 6.04 Å². The number of aliphatic imine (C=N–C) groups is 1. The number of amides is 1. The van der Waals surface area contributed by atoms with Crippen LogP contribution in [-0.4, -0.2) is 63.2 Å². The molecule has 0 aromatic heterocycles. The van der Waals surface area contributed by atoms with Crippen LogP contribution in [0.1, 0.15) is 39.0 Å². The normalized spacial score (nSPS) is 16.0. The highest BCUT2D eigenvalue weighted by Crippen LogP contribution is 2.17. The predicted molar refractivity (Wildman–Crippen MR) is 85.5 cm³/mol. The number of hydrogen-bond donors (Lipinski definition) is 2.